The zero-order valence-corrected chi connectivity index (χ0v) is 11.7. The van der Waals surface area contributed by atoms with Crippen molar-refractivity contribution in [3.05, 3.63) is 16.9 Å². The van der Waals surface area contributed by atoms with Gasteiger partial charge in [-0.3, -0.25) is 16.0 Å². The molecule has 2 heterocycles. The number of aromatic nitrogens is 2. The van der Waals surface area contributed by atoms with E-state index < -0.39 is 0 Å². The summed E-state index contributed by atoms with van der Waals surface area (Å²) in [5, 5.41) is 4.99. The zero-order valence-electron chi connectivity index (χ0n) is 10.9. The molecule has 1 saturated heterocycles. The Morgan fingerprint density at radius 2 is 2.50 bits per heavy atom. The van der Waals surface area contributed by atoms with Crippen molar-refractivity contribution in [1.29, 1.82) is 0 Å². The molecule has 0 amide bonds. The molecule has 1 aromatic heterocycles. The van der Waals surface area contributed by atoms with Crippen LogP contribution in [0.1, 0.15) is 38.4 Å². The summed E-state index contributed by atoms with van der Waals surface area (Å²) >= 11 is 6.26. The molecule has 0 aliphatic carbocycles. The number of hydrogen-bond donors (Lipinski definition) is 2. The van der Waals surface area contributed by atoms with Gasteiger partial charge in [0.15, 0.2) is 0 Å². The van der Waals surface area contributed by atoms with Crippen LogP contribution in [0.3, 0.4) is 0 Å². The van der Waals surface area contributed by atoms with Crippen LogP contribution in [0.25, 0.3) is 0 Å². The van der Waals surface area contributed by atoms with Gasteiger partial charge < -0.3 is 4.74 Å². The Bertz CT molecular complexity index is 395. The molecule has 3 atom stereocenters. The second-order valence-electron chi connectivity index (χ2n) is 4.77. The van der Waals surface area contributed by atoms with Crippen molar-refractivity contribution < 1.29 is 4.74 Å². The first-order valence-electron chi connectivity index (χ1n) is 6.48. The Labute approximate surface area is 113 Å². The summed E-state index contributed by atoms with van der Waals surface area (Å²) < 4.78 is 7.56. The first-order valence-corrected chi connectivity index (χ1v) is 6.85. The van der Waals surface area contributed by atoms with Crippen LogP contribution in [-0.4, -0.2) is 22.5 Å². The van der Waals surface area contributed by atoms with E-state index >= 15 is 0 Å². The maximum Gasteiger partial charge on any atom is 0.0834 e. The molecule has 0 aromatic carbocycles. The fraction of sp³-hybridized carbons (Fsp3) is 0.750. The lowest BCUT2D eigenvalue weighted by Gasteiger charge is -2.26. The average molecular weight is 273 g/mol. The lowest BCUT2D eigenvalue weighted by Crippen LogP contribution is -2.37. The molecule has 2 rings (SSSR count). The Kier molecular flexibility index (Phi) is 4.61. The maximum atomic E-state index is 6.26. The molecule has 6 heteroatoms. The van der Waals surface area contributed by atoms with Gasteiger partial charge in [0.1, 0.15) is 0 Å². The number of hydrogen-bond acceptors (Lipinski definition) is 4. The topological polar surface area (TPSA) is 65.1 Å². The number of nitrogens with zero attached hydrogens (tertiary/aromatic N) is 2. The molecule has 5 nitrogen and oxygen atoms in total. The highest BCUT2D eigenvalue weighted by Crippen LogP contribution is 2.35. The zero-order chi connectivity index (χ0) is 13.1. The summed E-state index contributed by atoms with van der Waals surface area (Å²) in [5.74, 6) is 6.07. The molecule has 3 N–H and O–H groups in total. The summed E-state index contributed by atoms with van der Waals surface area (Å²) in [5.41, 5.74) is 3.87. The second kappa shape index (κ2) is 6.02. The van der Waals surface area contributed by atoms with Gasteiger partial charge in [-0.2, -0.15) is 5.10 Å². The standard InChI is InChI=1S/C12H21ClN4O/c1-3-5-17-12(10(13)7-15-17)11(16-14)9-4-6-18-8(9)2/h7-9,11,16H,3-6,14H2,1-2H3. The maximum absolute atomic E-state index is 6.26. The number of aryl methyl sites for hydroxylation is 1. The van der Waals surface area contributed by atoms with Crippen molar-refractivity contribution in [2.24, 2.45) is 11.8 Å². The quantitative estimate of drug-likeness (QED) is 0.634. The highest BCUT2D eigenvalue weighted by Gasteiger charge is 2.35. The fourth-order valence-electron chi connectivity index (χ4n) is 2.66. The fourth-order valence-corrected chi connectivity index (χ4v) is 2.92. The third kappa shape index (κ3) is 2.54. The lowest BCUT2D eigenvalue weighted by atomic mass is 9.91. The molecule has 0 spiro atoms. The second-order valence-corrected chi connectivity index (χ2v) is 5.18. The van der Waals surface area contributed by atoms with E-state index in [-0.39, 0.29) is 12.1 Å². The van der Waals surface area contributed by atoms with Gasteiger partial charge in [0.25, 0.3) is 0 Å². The predicted molar refractivity (Wildman–Crippen MR) is 71.1 cm³/mol. The number of hydrazine groups is 1. The monoisotopic (exact) mass is 272 g/mol. The SMILES string of the molecule is CCCn1ncc(Cl)c1C(NN)C1CCOC1C. The summed E-state index contributed by atoms with van der Waals surface area (Å²) in [6, 6.07) is -0.0101. The van der Waals surface area contributed by atoms with Crippen LogP contribution in [0.15, 0.2) is 6.20 Å². The van der Waals surface area contributed by atoms with Crippen LogP contribution in [-0.2, 0) is 11.3 Å². The van der Waals surface area contributed by atoms with Crippen LogP contribution in [0.4, 0.5) is 0 Å². The molecule has 1 aromatic rings. The van der Waals surface area contributed by atoms with Crippen LogP contribution in [0.5, 0.6) is 0 Å². The third-order valence-electron chi connectivity index (χ3n) is 3.61. The van der Waals surface area contributed by atoms with Gasteiger partial charge in [-0.25, -0.2) is 0 Å². The minimum atomic E-state index is -0.0101. The van der Waals surface area contributed by atoms with Gasteiger partial charge >= 0.3 is 0 Å². The Morgan fingerprint density at radius 3 is 3.06 bits per heavy atom. The van der Waals surface area contributed by atoms with E-state index in [0.29, 0.717) is 10.9 Å². The van der Waals surface area contributed by atoms with Crippen LogP contribution in [0, 0.1) is 5.92 Å². The number of nitrogens with one attached hydrogen (secondary N) is 1. The molecule has 3 unspecified atom stereocenters. The summed E-state index contributed by atoms with van der Waals surface area (Å²) in [7, 11) is 0. The Hall–Kier alpha value is -0.620. The summed E-state index contributed by atoms with van der Waals surface area (Å²) in [4.78, 5) is 0. The van der Waals surface area contributed by atoms with E-state index in [2.05, 4.69) is 24.4 Å². The van der Waals surface area contributed by atoms with Gasteiger partial charge in [0, 0.05) is 19.1 Å². The van der Waals surface area contributed by atoms with Gasteiger partial charge in [-0.15, -0.1) is 0 Å². The molecular weight excluding hydrogens is 252 g/mol. The van der Waals surface area contributed by atoms with E-state index in [1.54, 1.807) is 6.20 Å². The van der Waals surface area contributed by atoms with Crippen LogP contribution < -0.4 is 11.3 Å². The minimum Gasteiger partial charge on any atom is -0.378 e. The van der Waals surface area contributed by atoms with Gasteiger partial charge in [-0.1, -0.05) is 18.5 Å². The molecule has 1 aliphatic rings. The Balaban J connectivity index is 2.28. The van der Waals surface area contributed by atoms with Crippen molar-refractivity contribution in [3.8, 4) is 0 Å². The van der Waals surface area contributed by atoms with Crippen LogP contribution in [0.2, 0.25) is 5.02 Å². The molecule has 1 fully saturated rings. The van der Waals surface area contributed by atoms with E-state index in [4.69, 9.17) is 22.2 Å². The van der Waals surface area contributed by atoms with Crippen LogP contribution >= 0.6 is 11.6 Å². The number of nitrogens with two attached hydrogens (primary N) is 1. The number of ether oxygens (including phenoxy) is 1. The van der Waals surface area contributed by atoms with E-state index in [1.165, 1.54) is 0 Å². The van der Waals surface area contributed by atoms with E-state index in [1.807, 2.05) is 4.68 Å². The summed E-state index contributed by atoms with van der Waals surface area (Å²) in [6.07, 6.45) is 3.88. The highest BCUT2D eigenvalue weighted by molar-refractivity contribution is 6.31. The third-order valence-corrected chi connectivity index (χ3v) is 3.90. The van der Waals surface area contributed by atoms with Gasteiger partial charge in [0.2, 0.25) is 0 Å². The molecule has 102 valence electrons. The van der Waals surface area contributed by atoms with Crippen molar-refractivity contribution in [2.45, 2.75) is 45.4 Å². The first kappa shape index (κ1) is 13.8. The molecular formula is C12H21ClN4O. The molecule has 0 saturated carbocycles. The largest absolute Gasteiger partial charge is 0.378 e. The van der Waals surface area contributed by atoms with Crippen molar-refractivity contribution >= 4 is 11.6 Å². The van der Waals surface area contributed by atoms with Crippen molar-refractivity contribution in [1.82, 2.24) is 15.2 Å². The van der Waals surface area contributed by atoms with E-state index in [9.17, 15) is 0 Å². The minimum absolute atomic E-state index is 0.0101. The van der Waals surface area contributed by atoms with Gasteiger partial charge in [0.05, 0.1) is 29.1 Å². The average Bonchev–Trinajstić information content (AvgIpc) is 2.91. The number of halogens is 1. The molecule has 18 heavy (non-hydrogen) atoms. The molecule has 0 bridgehead atoms. The lowest BCUT2D eigenvalue weighted by molar-refractivity contribution is 0.0943. The molecule has 0 radical (unpaired) electrons. The highest BCUT2D eigenvalue weighted by atomic mass is 35.5. The number of rotatable bonds is 5. The smallest absolute Gasteiger partial charge is 0.0834 e. The predicted octanol–water partition coefficient (Wildman–Crippen LogP) is 1.88. The van der Waals surface area contributed by atoms with Gasteiger partial charge in [-0.05, 0) is 19.8 Å². The van der Waals surface area contributed by atoms with Crippen molar-refractivity contribution in [3.63, 3.8) is 0 Å². The summed E-state index contributed by atoms with van der Waals surface area (Å²) in [6.45, 7) is 5.83. The normalized spacial score (nSPS) is 25.6. The van der Waals surface area contributed by atoms with Crippen molar-refractivity contribution in [2.75, 3.05) is 6.61 Å². The molecule has 1 aliphatic heterocycles. The first-order chi connectivity index (χ1) is 8.69. The Morgan fingerprint density at radius 1 is 1.72 bits per heavy atom. The van der Waals surface area contributed by atoms with E-state index in [0.717, 1.165) is 31.7 Å².